The topological polar surface area (TPSA) is 50.3 Å². The Morgan fingerprint density at radius 2 is 1.95 bits per heavy atom. The number of anilines is 1. The maximum atomic E-state index is 5.86. The molecule has 2 aromatic rings. The lowest BCUT2D eigenvalue weighted by atomic mass is 10.2. The lowest BCUT2D eigenvalue weighted by molar-refractivity contribution is 0.291. The number of nitrogens with one attached hydrogen (secondary N) is 1. The molecule has 0 aliphatic carbocycles. The van der Waals surface area contributed by atoms with E-state index in [0.29, 0.717) is 12.5 Å². The maximum absolute atomic E-state index is 5.86. The minimum atomic E-state index is 0.527. The zero-order valence-corrected chi connectivity index (χ0v) is 12.2. The van der Waals surface area contributed by atoms with Crippen molar-refractivity contribution in [2.24, 2.45) is 0 Å². The first-order valence-electron chi connectivity index (χ1n) is 7.29. The molecule has 5 heteroatoms. The minimum absolute atomic E-state index is 0.527. The highest BCUT2D eigenvalue weighted by molar-refractivity contribution is 5.36. The average Bonchev–Trinajstić information content (AvgIpc) is 2.56. The van der Waals surface area contributed by atoms with Gasteiger partial charge in [-0.05, 0) is 12.5 Å². The molecule has 0 saturated carbocycles. The third-order valence-corrected chi connectivity index (χ3v) is 3.53. The summed E-state index contributed by atoms with van der Waals surface area (Å²) < 4.78 is 5.86. The van der Waals surface area contributed by atoms with Crippen LogP contribution in [0.4, 0.5) is 5.95 Å². The number of nitrogens with zero attached hydrogens (tertiary/aromatic N) is 3. The van der Waals surface area contributed by atoms with Gasteiger partial charge in [0.2, 0.25) is 11.8 Å². The van der Waals surface area contributed by atoms with Crippen molar-refractivity contribution in [3.63, 3.8) is 0 Å². The fourth-order valence-electron chi connectivity index (χ4n) is 2.31. The second-order valence-corrected chi connectivity index (χ2v) is 5.17. The zero-order valence-electron chi connectivity index (χ0n) is 12.2. The number of aryl methyl sites for hydroxylation is 1. The first kappa shape index (κ1) is 13.8. The Morgan fingerprint density at radius 1 is 1.19 bits per heavy atom. The minimum Gasteiger partial charge on any atom is -0.472 e. The van der Waals surface area contributed by atoms with Crippen molar-refractivity contribution in [2.45, 2.75) is 13.5 Å². The summed E-state index contributed by atoms with van der Waals surface area (Å²) in [5, 5.41) is 3.33. The van der Waals surface area contributed by atoms with Crippen molar-refractivity contribution in [3.05, 3.63) is 47.7 Å². The molecular formula is C16H20N4O. The quantitative estimate of drug-likeness (QED) is 0.927. The van der Waals surface area contributed by atoms with Gasteiger partial charge in [-0.25, -0.2) is 4.98 Å². The molecule has 0 unspecified atom stereocenters. The van der Waals surface area contributed by atoms with E-state index in [2.05, 4.69) is 20.2 Å². The van der Waals surface area contributed by atoms with Gasteiger partial charge in [-0.15, -0.1) is 0 Å². The molecule has 0 bridgehead atoms. The molecule has 21 heavy (non-hydrogen) atoms. The fourth-order valence-corrected chi connectivity index (χ4v) is 2.31. The lowest BCUT2D eigenvalue weighted by Crippen LogP contribution is -2.44. The Kier molecular flexibility index (Phi) is 4.31. The van der Waals surface area contributed by atoms with Crippen LogP contribution in [0.3, 0.4) is 0 Å². The van der Waals surface area contributed by atoms with Crippen LogP contribution in [0.5, 0.6) is 5.88 Å². The molecule has 0 spiro atoms. The SMILES string of the molecule is Cc1cnc(N2CCNCC2)nc1OCc1ccccc1. The predicted molar refractivity (Wildman–Crippen MR) is 82.6 cm³/mol. The summed E-state index contributed by atoms with van der Waals surface area (Å²) in [7, 11) is 0. The first-order valence-corrected chi connectivity index (χ1v) is 7.29. The molecule has 110 valence electrons. The second kappa shape index (κ2) is 6.54. The largest absolute Gasteiger partial charge is 0.472 e. The summed E-state index contributed by atoms with van der Waals surface area (Å²) in [6, 6.07) is 10.1. The van der Waals surface area contributed by atoms with Crippen molar-refractivity contribution in [3.8, 4) is 5.88 Å². The van der Waals surface area contributed by atoms with Crippen LogP contribution in [0.15, 0.2) is 36.5 Å². The van der Waals surface area contributed by atoms with E-state index in [4.69, 9.17) is 4.74 Å². The van der Waals surface area contributed by atoms with Gasteiger partial charge in [0, 0.05) is 37.9 Å². The van der Waals surface area contributed by atoms with E-state index >= 15 is 0 Å². The summed E-state index contributed by atoms with van der Waals surface area (Å²) in [4.78, 5) is 11.2. The van der Waals surface area contributed by atoms with E-state index in [1.807, 2.05) is 43.5 Å². The van der Waals surface area contributed by atoms with Gasteiger partial charge in [-0.1, -0.05) is 30.3 Å². The number of rotatable bonds is 4. The molecule has 2 heterocycles. The molecule has 1 aromatic heterocycles. The summed E-state index contributed by atoms with van der Waals surface area (Å²) in [5.41, 5.74) is 2.10. The summed E-state index contributed by atoms with van der Waals surface area (Å²) >= 11 is 0. The maximum Gasteiger partial charge on any atom is 0.228 e. The third kappa shape index (κ3) is 3.49. The van der Waals surface area contributed by atoms with E-state index in [1.165, 1.54) is 0 Å². The number of benzene rings is 1. The molecule has 1 aliphatic heterocycles. The van der Waals surface area contributed by atoms with Gasteiger partial charge in [-0.2, -0.15) is 4.98 Å². The van der Waals surface area contributed by atoms with E-state index in [0.717, 1.165) is 43.3 Å². The Morgan fingerprint density at radius 3 is 2.71 bits per heavy atom. The van der Waals surface area contributed by atoms with Crippen LogP contribution in [-0.2, 0) is 6.61 Å². The molecule has 1 aromatic carbocycles. The average molecular weight is 284 g/mol. The first-order chi connectivity index (χ1) is 10.3. The summed E-state index contributed by atoms with van der Waals surface area (Å²) in [6.45, 7) is 6.30. The van der Waals surface area contributed by atoms with Gasteiger partial charge in [0.15, 0.2) is 0 Å². The van der Waals surface area contributed by atoms with Crippen LogP contribution in [0, 0.1) is 6.92 Å². The lowest BCUT2D eigenvalue weighted by Gasteiger charge is -2.27. The molecule has 5 nitrogen and oxygen atoms in total. The van der Waals surface area contributed by atoms with E-state index in [9.17, 15) is 0 Å². The van der Waals surface area contributed by atoms with Crippen LogP contribution in [-0.4, -0.2) is 36.1 Å². The van der Waals surface area contributed by atoms with Gasteiger partial charge in [0.05, 0.1) is 0 Å². The predicted octanol–water partition coefficient (Wildman–Crippen LogP) is 1.77. The van der Waals surface area contributed by atoms with E-state index < -0.39 is 0 Å². The van der Waals surface area contributed by atoms with Crippen LogP contribution < -0.4 is 15.0 Å². The van der Waals surface area contributed by atoms with Crippen molar-refractivity contribution >= 4 is 5.95 Å². The summed E-state index contributed by atoms with van der Waals surface area (Å²) in [5.74, 6) is 1.42. The molecule has 1 fully saturated rings. The molecule has 0 amide bonds. The molecule has 3 rings (SSSR count). The Bertz CT molecular complexity index is 582. The number of hydrogen-bond donors (Lipinski definition) is 1. The van der Waals surface area contributed by atoms with Gasteiger partial charge in [0.1, 0.15) is 6.61 Å². The molecule has 0 radical (unpaired) electrons. The molecule has 1 saturated heterocycles. The van der Waals surface area contributed by atoms with Crippen molar-refractivity contribution in [1.82, 2.24) is 15.3 Å². The van der Waals surface area contributed by atoms with E-state index in [1.54, 1.807) is 0 Å². The fraction of sp³-hybridized carbons (Fsp3) is 0.375. The monoisotopic (exact) mass is 284 g/mol. The highest BCUT2D eigenvalue weighted by atomic mass is 16.5. The van der Waals surface area contributed by atoms with Crippen molar-refractivity contribution in [1.29, 1.82) is 0 Å². The van der Waals surface area contributed by atoms with Crippen LogP contribution in [0.2, 0.25) is 0 Å². The Hall–Kier alpha value is -2.14. The highest BCUT2D eigenvalue weighted by Crippen LogP contribution is 2.19. The number of aromatic nitrogens is 2. The van der Waals surface area contributed by atoms with Gasteiger partial charge in [-0.3, -0.25) is 0 Å². The van der Waals surface area contributed by atoms with Crippen molar-refractivity contribution < 1.29 is 4.74 Å². The second-order valence-electron chi connectivity index (χ2n) is 5.17. The van der Waals surface area contributed by atoms with Crippen LogP contribution in [0.1, 0.15) is 11.1 Å². The summed E-state index contributed by atoms with van der Waals surface area (Å²) in [6.07, 6.45) is 1.84. The van der Waals surface area contributed by atoms with Gasteiger partial charge in [0.25, 0.3) is 0 Å². The molecular weight excluding hydrogens is 264 g/mol. The number of piperazine rings is 1. The highest BCUT2D eigenvalue weighted by Gasteiger charge is 2.14. The molecule has 1 aliphatic rings. The van der Waals surface area contributed by atoms with Gasteiger partial charge < -0.3 is 15.0 Å². The van der Waals surface area contributed by atoms with Crippen molar-refractivity contribution in [2.75, 3.05) is 31.1 Å². The normalized spacial score (nSPS) is 15.0. The van der Waals surface area contributed by atoms with E-state index in [-0.39, 0.29) is 0 Å². The third-order valence-electron chi connectivity index (χ3n) is 3.53. The molecule has 1 N–H and O–H groups in total. The zero-order chi connectivity index (χ0) is 14.5. The smallest absolute Gasteiger partial charge is 0.228 e. The van der Waals surface area contributed by atoms with Crippen LogP contribution in [0.25, 0.3) is 0 Å². The Labute approximate surface area is 125 Å². The van der Waals surface area contributed by atoms with Crippen LogP contribution >= 0.6 is 0 Å². The number of hydrogen-bond acceptors (Lipinski definition) is 5. The number of ether oxygens (including phenoxy) is 1. The standard InChI is InChI=1S/C16H20N4O/c1-13-11-18-16(20-9-7-17-8-10-20)19-15(13)21-12-14-5-3-2-4-6-14/h2-6,11,17H,7-10,12H2,1H3. The molecule has 0 atom stereocenters. The Balaban J connectivity index is 1.72. The van der Waals surface area contributed by atoms with Gasteiger partial charge >= 0.3 is 0 Å².